The molecule has 0 saturated heterocycles. The lowest BCUT2D eigenvalue weighted by atomic mass is 9.96. The third-order valence-electron chi connectivity index (χ3n) is 9.28. The fraction of sp³-hybridized carbons (Fsp3) is 0. The van der Waals surface area contributed by atoms with Crippen LogP contribution in [0.25, 0.3) is 64.3 Å². The van der Waals surface area contributed by atoms with Crippen LogP contribution in [0.1, 0.15) is 0 Å². The Morgan fingerprint density at radius 3 is 1.54 bits per heavy atom. The van der Waals surface area contributed by atoms with E-state index >= 15 is 0 Å². The molecule has 48 heavy (non-hydrogen) atoms. The van der Waals surface area contributed by atoms with Crippen molar-refractivity contribution in [1.29, 1.82) is 0 Å². The van der Waals surface area contributed by atoms with Crippen molar-refractivity contribution in [2.24, 2.45) is 0 Å². The molecule has 0 aliphatic heterocycles. The number of thiophene rings is 1. The molecule has 1 nitrogen and oxygen atoms in total. The first-order chi connectivity index (χ1) is 23.8. The highest BCUT2D eigenvalue weighted by Gasteiger charge is 2.15. The standard InChI is InChI=1S/C46H31NS/c1-3-11-32(12-4-1)35-13-9-14-36(31-35)33-21-25-38(26-22-33)47(37-15-5-2-6-16-37)39-27-23-34(24-28-39)40-18-10-19-43-41(40)29-30-44-42-17-7-8-20-45(42)48-46(43)44/h1-31H. The normalized spacial score (nSPS) is 11.3. The van der Waals surface area contributed by atoms with Gasteiger partial charge < -0.3 is 4.90 Å². The number of anilines is 3. The maximum atomic E-state index is 2.33. The van der Waals surface area contributed by atoms with Gasteiger partial charge in [0.15, 0.2) is 0 Å². The third kappa shape index (κ3) is 5.04. The summed E-state index contributed by atoms with van der Waals surface area (Å²) in [4.78, 5) is 2.33. The van der Waals surface area contributed by atoms with Crippen LogP contribution in [0.4, 0.5) is 17.1 Å². The summed E-state index contributed by atoms with van der Waals surface area (Å²) >= 11 is 1.89. The van der Waals surface area contributed by atoms with E-state index in [0.29, 0.717) is 0 Å². The minimum absolute atomic E-state index is 1.12. The van der Waals surface area contributed by atoms with Crippen molar-refractivity contribution in [3.63, 3.8) is 0 Å². The number of nitrogens with zero attached hydrogens (tertiary/aromatic N) is 1. The van der Waals surface area contributed by atoms with Crippen molar-refractivity contribution in [3.8, 4) is 33.4 Å². The van der Waals surface area contributed by atoms with Crippen LogP contribution in [0.5, 0.6) is 0 Å². The smallest absolute Gasteiger partial charge is 0.0462 e. The summed E-state index contributed by atoms with van der Waals surface area (Å²) in [7, 11) is 0. The Hall–Kier alpha value is -5.96. The van der Waals surface area contributed by atoms with E-state index in [9.17, 15) is 0 Å². The summed E-state index contributed by atoms with van der Waals surface area (Å²) in [6.07, 6.45) is 0. The highest BCUT2D eigenvalue weighted by molar-refractivity contribution is 7.26. The van der Waals surface area contributed by atoms with Gasteiger partial charge in [-0.1, -0.05) is 140 Å². The molecule has 0 spiro atoms. The summed E-state index contributed by atoms with van der Waals surface area (Å²) in [5.74, 6) is 0. The summed E-state index contributed by atoms with van der Waals surface area (Å²) in [5.41, 5.74) is 10.7. The molecule has 0 N–H and O–H groups in total. The van der Waals surface area contributed by atoms with Crippen molar-refractivity contribution >= 4 is 59.3 Å². The van der Waals surface area contributed by atoms with E-state index in [2.05, 4.69) is 193 Å². The predicted octanol–water partition coefficient (Wildman–Crippen LogP) is 13.7. The largest absolute Gasteiger partial charge is 0.311 e. The van der Waals surface area contributed by atoms with Crippen molar-refractivity contribution < 1.29 is 0 Å². The average Bonchev–Trinajstić information content (AvgIpc) is 3.56. The van der Waals surface area contributed by atoms with E-state index < -0.39 is 0 Å². The van der Waals surface area contributed by atoms with Crippen LogP contribution in [-0.2, 0) is 0 Å². The van der Waals surface area contributed by atoms with E-state index in [1.165, 1.54) is 64.3 Å². The lowest BCUT2D eigenvalue weighted by molar-refractivity contribution is 1.28. The Labute approximate surface area is 284 Å². The number of rotatable bonds is 6. The number of para-hydroxylation sites is 1. The zero-order valence-corrected chi connectivity index (χ0v) is 27.1. The topological polar surface area (TPSA) is 3.24 Å². The average molecular weight is 630 g/mol. The highest BCUT2D eigenvalue weighted by Crippen LogP contribution is 2.42. The minimum Gasteiger partial charge on any atom is -0.311 e. The number of hydrogen-bond donors (Lipinski definition) is 0. The molecule has 0 saturated carbocycles. The van der Waals surface area contributed by atoms with Gasteiger partial charge in [0.1, 0.15) is 0 Å². The van der Waals surface area contributed by atoms with E-state index in [1.54, 1.807) is 0 Å². The van der Waals surface area contributed by atoms with Gasteiger partial charge in [-0.05, 0) is 87.3 Å². The molecule has 0 amide bonds. The second-order valence-electron chi connectivity index (χ2n) is 12.2. The Morgan fingerprint density at radius 1 is 0.312 bits per heavy atom. The number of hydrogen-bond acceptors (Lipinski definition) is 2. The quantitative estimate of drug-likeness (QED) is 0.177. The molecule has 9 aromatic rings. The first-order valence-electron chi connectivity index (χ1n) is 16.3. The van der Waals surface area contributed by atoms with E-state index in [4.69, 9.17) is 0 Å². The first kappa shape index (κ1) is 28.3. The minimum atomic E-state index is 1.12. The number of fused-ring (bicyclic) bond motifs is 5. The monoisotopic (exact) mass is 629 g/mol. The van der Waals surface area contributed by atoms with Gasteiger partial charge in [0, 0.05) is 42.6 Å². The molecule has 9 rings (SSSR count). The molecule has 0 fully saturated rings. The van der Waals surface area contributed by atoms with Crippen molar-refractivity contribution in [2.75, 3.05) is 4.90 Å². The molecule has 0 bridgehead atoms. The molecular formula is C46H31NS. The van der Waals surface area contributed by atoms with Gasteiger partial charge in [0.25, 0.3) is 0 Å². The SMILES string of the molecule is c1ccc(-c2cccc(-c3ccc(N(c4ccccc4)c4ccc(-c5cccc6c5ccc5c7ccccc7sc65)cc4)cc3)c2)cc1. The van der Waals surface area contributed by atoms with Gasteiger partial charge >= 0.3 is 0 Å². The zero-order chi connectivity index (χ0) is 31.9. The van der Waals surface area contributed by atoms with Crippen molar-refractivity contribution in [3.05, 3.63) is 188 Å². The summed E-state index contributed by atoms with van der Waals surface area (Å²) in [6.45, 7) is 0. The Bertz CT molecular complexity index is 2530. The van der Waals surface area contributed by atoms with Crippen LogP contribution in [0.3, 0.4) is 0 Å². The molecule has 0 unspecified atom stereocenters. The Morgan fingerprint density at radius 2 is 0.812 bits per heavy atom. The summed E-state index contributed by atoms with van der Waals surface area (Å²) < 4.78 is 2.70. The molecule has 0 aliphatic rings. The fourth-order valence-electron chi connectivity index (χ4n) is 6.92. The van der Waals surface area contributed by atoms with E-state index in [-0.39, 0.29) is 0 Å². The lowest BCUT2D eigenvalue weighted by Gasteiger charge is -2.26. The first-order valence-corrected chi connectivity index (χ1v) is 17.2. The van der Waals surface area contributed by atoms with Crippen LogP contribution in [0.15, 0.2) is 188 Å². The van der Waals surface area contributed by atoms with Gasteiger partial charge in [0.2, 0.25) is 0 Å². The van der Waals surface area contributed by atoms with Crippen LogP contribution >= 0.6 is 11.3 Å². The highest BCUT2D eigenvalue weighted by atomic mass is 32.1. The van der Waals surface area contributed by atoms with E-state index in [1.807, 2.05) is 11.3 Å². The van der Waals surface area contributed by atoms with Crippen LogP contribution in [-0.4, -0.2) is 0 Å². The second kappa shape index (κ2) is 12.0. The van der Waals surface area contributed by atoms with Gasteiger partial charge in [-0.15, -0.1) is 11.3 Å². The summed E-state index contributed by atoms with van der Waals surface area (Å²) in [5, 5.41) is 5.28. The van der Waals surface area contributed by atoms with Crippen molar-refractivity contribution in [2.45, 2.75) is 0 Å². The molecule has 226 valence electrons. The lowest BCUT2D eigenvalue weighted by Crippen LogP contribution is -2.09. The Kier molecular flexibility index (Phi) is 7.07. The van der Waals surface area contributed by atoms with Crippen molar-refractivity contribution in [1.82, 2.24) is 0 Å². The Balaban J connectivity index is 1.07. The summed E-state index contributed by atoms with van der Waals surface area (Å²) in [6, 6.07) is 67.9. The van der Waals surface area contributed by atoms with Gasteiger partial charge in [0.05, 0.1) is 0 Å². The molecule has 1 aromatic heterocycles. The maximum Gasteiger partial charge on any atom is 0.0462 e. The molecule has 2 heteroatoms. The fourth-order valence-corrected chi connectivity index (χ4v) is 8.15. The third-order valence-corrected chi connectivity index (χ3v) is 10.5. The molecule has 8 aromatic carbocycles. The van der Waals surface area contributed by atoms with Crippen LogP contribution < -0.4 is 4.90 Å². The van der Waals surface area contributed by atoms with Gasteiger partial charge in [-0.3, -0.25) is 0 Å². The molecule has 0 atom stereocenters. The van der Waals surface area contributed by atoms with Gasteiger partial charge in [-0.25, -0.2) is 0 Å². The molecule has 0 radical (unpaired) electrons. The van der Waals surface area contributed by atoms with E-state index in [0.717, 1.165) is 17.1 Å². The number of benzene rings is 8. The van der Waals surface area contributed by atoms with Crippen LogP contribution in [0.2, 0.25) is 0 Å². The maximum absolute atomic E-state index is 2.33. The zero-order valence-electron chi connectivity index (χ0n) is 26.3. The van der Waals surface area contributed by atoms with Crippen LogP contribution in [0, 0.1) is 0 Å². The van der Waals surface area contributed by atoms with Gasteiger partial charge in [-0.2, -0.15) is 0 Å². The molecule has 1 heterocycles. The molecular weight excluding hydrogens is 599 g/mol. The second-order valence-corrected chi connectivity index (χ2v) is 13.2. The predicted molar refractivity (Wildman–Crippen MR) is 208 cm³/mol. The molecule has 0 aliphatic carbocycles.